The molecule has 0 unspecified atom stereocenters. The number of methoxy groups -OCH3 is 1. The standard InChI is InChI=1S/C49H84N6O14S/c1-14-38-49(10,61)42(57)32(6)54(12)26-28(2)24-47(8,60)44(30(4)41(31(5)45(59)67-38)68-39-25-48(9,64-13)43(58)33(7)66-39)69-46-40(56)37(23-29(3)65-46)53(11)21-20-35-27-55(52-51-35)22-19-34-15-17-36(18-16-34)70(50,62)63/h15-18,27-33,37-44,46,56-58,60-61H,14,19-26H2,1-13H3,(H2,50,62,63)/t28-,29-,30+,31-,32-,33+,37+,38-,39+,40-,41+,42-,43+,44-,46+,47-,48-,49-/m1/s1. The van der Waals surface area contributed by atoms with Crippen LogP contribution in [-0.4, -0.2) is 189 Å². The van der Waals surface area contributed by atoms with E-state index in [9.17, 15) is 38.7 Å². The smallest absolute Gasteiger partial charge is 0.311 e. The molecule has 4 heterocycles. The van der Waals surface area contributed by atoms with Gasteiger partial charge in [0.05, 0.1) is 52.1 Å². The number of carbonyl (C=O) groups excluding carboxylic acids is 1. The number of aromatic nitrogens is 3. The predicted octanol–water partition coefficient (Wildman–Crippen LogP) is 2.00. The third kappa shape index (κ3) is 13.9. The molecule has 1 aromatic carbocycles. The molecule has 70 heavy (non-hydrogen) atoms. The van der Waals surface area contributed by atoms with Crippen molar-refractivity contribution in [2.24, 2.45) is 22.9 Å². The number of rotatable bonds is 14. The largest absolute Gasteiger partial charge is 0.459 e. The van der Waals surface area contributed by atoms with Crippen molar-refractivity contribution >= 4 is 16.0 Å². The number of aliphatic hydroxyl groups excluding tert-OH is 3. The van der Waals surface area contributed by atoms with Crippen LogP contribution in [0, 0.1) is 17.8 Å². The molecule has 3 saturated heterocycles. The van der Waals surface area contributed by atoms with E-state index < -0.39 is 112 Å². The normalized spacial score (nSPS) is 40.1. The van der Waals surface area contributed by atoms with Crippen LogP contribution in [0.1, 0.15) is 106 Å². The molecule has 21 heteroatoms. The Bertz CT molecular complexity index is 2100. The van der Waals surface area contributed by atoms with Crippen LogP contribution in [0.4, 0.5) is 0 Å². The van der Waals surface area contributed by atoms with E-state index in [1.165, 1.54) is 26.2 Å². The van der Waals surface area contributed by atoms with Crippen molar-refractivity contribution in [3.63, 3.8) is 0 Å². The summed E-state index contributed by atoms with van der Waals surface area (Å²) in [5, 5.41) is 73.5. The number of esters is 1. The van der Waals surface area contributed by atoms with Crippen molar-refractivity contribution in [3.8, 4) is 0 Å². The number of sulfonamides is 1. The first kappa shape index (κ1) is 58.2. The van der Waals surface area contributed by atoms with E-state index >= 15 is 0 Å². The van der Waals surface area contributed by atoms with Gasteiger partial charge in [-0.05, 0) is 112 Å². The minimum atomic E-state index is -3.78. The molecule has 20 nitrogen and oxygen atoms in total. The van der Waals surface area contributed by atoms with E-state index in [1.54, 1.807) is 65.3 Å². The van der Waals surface area contributed by atoms with Crippen LogP contribution < -0.4 is 5.14 Å². The summed E-state index contributed by atoms with van der Waals surface area (Å²) in [4.78, 5) is 18.4. The van der Waals surface area contributed by atoms with Gasteiger partial charge in [0.2, 0.25) is 10.0 Å². The number of cyclic esters (lactones) is 1. The second-order valence-corrected chi connectivity index (χ2v) is 22.9. The maximum absolute atomic E-state index is 14.5. The highest BCUT2D eigenvalue weighted by Gasteiger charge is 2.53. The summed E-state index contributed by atoms with van der Waals surface area (Å²) in [6.07, 6.45) is -6.26. The summed E-state index contributed by atoms with van der Waals surface area (Å²) in [6, 6.07) is 5.37. The summed E-state index contributed by atoms with van der Waals surface area (Å²) >= 11 is 0. The van der Waals surface area contributed by atoms with Gasteiger partial charge in [0.1, 0.15) is 30.0 Å². The fraction of sp³-hybridized carbons (Fsp3) is 0.816. The number of nitrogens with zero attached hydrogens (tertiary/aromatic N) is 5. The van der Waals surface area contributed by atoms with Gasteiger partial charge < -0.3 is 63.8 Å². The molecule has 0 spiro atoms. The number of primary sulfonamides is 1. The van der Waals surface area contributed by atoms with Crippen LogP contribution in [0.15, 0.2) is 35.4 Å². The van der Waals surface area contributed by atoms with E-state index in [0.717, 1.165) is 11.3 Å². The lowest BCUT2D eigenvalue weighted by atomic mass is 9.77. The van der Waals surface area contributed by atoms with E-state index in [-0.39, 0.29) is 36.2 Å². The lowest BCUT2D eigenvalue weighted by Crippen LogP contribution is -2.61. The molecular weight excluding hydrogens is 929 g/mol. The number of benzene rings is 1. The van der Waals surface area contributed by atoms with Crippen LogP contribution in [0.3, 0.4) is 0 Å². The first-order valence-electron chi connectivity index (χ1n) is 24.8. The van der Waals surface area contributed by atoms with Gasteiger partial charge in [0.15, 0.2) is 12.6 Å². The van der Waals surface area contributed by atoms with Gasteiger partial charge in [-0.3, -0.25) is 9.48 Å². The zero-order chi connectivity index (χ0) is 52.3. The lowest BCUT2D eigenvalue weighted by Gasteiger charge is -2.49. The number of hydrogen-bond acceptors (Lipinski definition) is 18. The van der Waals surface area contributed by atoms with Crippen molar-refractivity contribution in [2.75, 3.05) is 34.3 Å². The second-order valence-electron chi connectivity index (χ2n) is 21.3. The number of hydrogen-bond donors (Lipinski definition) is 6. The summed E-state index contributed by atoms with van der Waals surface area (Å²) in [6.45, 7) is 18.9. The summed E-state index contributed by atoms with van der Waals surface area (Å²) in [5.41, 5.74) is -2.90. The topological polar surface area (TPSA) is 271 Å². The quantitative estimate of drug-likeness (QED) is 0.148. The van der Waals surface area contributed by atoms with E-state index in [0.29, 0.717) is 38.9 Å². The number of ether oxygens (including phenoxy) is 6. The first-order valence-corrected chi connectivity index (χ1v) is 26.3. The highest BCUT2D eigenvalue weighted by Crippen LogP contribution is 2.40. The van der Waals surface area contributed by atoms with Crippen molar-refractivity contribution in [1.29, 1.82) is 0 Å². The number of nitrogens with two attached hydrogens (primary N) is 1. The molecule has 0 amide bonds. The van der Waals surface area contributed by atoms with Gasteiger partial charge in [-0.25, -0.2) is 13.6 Å². The van der Waals surface area contributed by atoms with Gasteiger partial charge in [0, 0.05) is 63.8 Å². The Hall–Kier alpha value is -2.74. The molecule has 1 aromatic heterocycles. The van der Waals surface area contributed by atoms with Gasteiger partial charge >= 0.3 is 5.97 Å². The highest BCUT2D eigenvalue weighted by molar-refractivity contribution is 7.89. The Labute approximate surface area is 415 Å². The zero-order valence-corrected chi connectivity index (χ0v) is 44.4. The molecule has 0 aliphatic carbocycles. The number of carbonyl (C=O) groups is 1. The van der Waals surface area contributed by atoms with Crippen LogP contribution in [0.5, 0.6) is 0 Å². The van der Waals surface area contributed by atoms with Crippen LogP contribution in [-0.2, 0) is 62.6 Å². The Morgan fingerprint density at radius 3 is 2.23 bits per heavy atom. The fourth-order valence-corrected chi connectivity index (χ4v) is 11.3. The molecule has 0 bridgehead atoms. The molecule has 3 fully saturated rings. The Morgan fingerprint density at radius 2 is 1.61 bits per heavy atom. The minimum Gasteiger partial charge on any atom is -0.459 e. The molecule has 3 aliphatic heterocycles. The molecule has 0 radical (unpaired) electrons. The minimum absolute atomic E-state index is 0.0480. The lowest BCUT2D eigenvalue weighted by molar-refractivity contribution is -0.318. The monoisotopic (exact) mass is 1010 g/mol. The van der Waals surface area contributed by atoms with Crippen LogP contribution >= 0.6 is 0 Å². The first-order chi connectivity index (χ1) is 32.5. The summed E-state index contributed by atoms with van der Waals surface area (Å²) in [7, 11) is 1.45. The summed E-state index contributed by atoms with van der Waals surface area (Å²) < 4.78 is 63.2. The predicted molar refractivity (Wildman–Crippen MR) is 258 cm³/mol. The fourth-order valence-electron chi connectivity index (χ4n) is 10.8. The maximum Gasteiger partial charge on any atom is 0.311 e. The van der Waals surface area contributed by atoms with E-state index in [2.05, 4.69) is 10.3 Å². The molecule has 0 saturated carbocycles. The molecule has 18 atom stereocenters. The van der Waals surface area contributed by atoms with Gasteiger partial charge in [-0.1, -0.05) is 38.1 Å². The molecule has 400 valence electrons. The average molecular weight is 1010 g/mol. The van der Waals surface area contributed by atoms with Gasteiger partial charge in [-0.2, -0.15) is 0 Å². The molecule has 2 aromatic rings. The van der Waals surface area contributed by atoms with Gasteiger partial charge in [0.25, 0.3) is 0 Å². The zero-order valence-electron chi connectivity index (χ0n) is 43.5. The Morgan fingerprint density at radius 1 is 0.957 bits per heavy atom. The molecule has 7 N–H and O–H groups in total. The van der Waals surface area contributed by atoms with Crippen molar-refractivity contribution in [1.82, 2.24) is 24.8 Å². The Balaban J connectivity index is 1.42. The Kier molecular flexibility index (Phi) is 19.6. The van der Waals surface area contributed by atoms with Crippen molar-refractivity contribution < 1.29 is 67.2 Å². The maximum atomic E-state index is 14.5. The average Bonchev–Trinajstić information content (AvgIpc) is 3.76. The van der Waals surface area contributed by atoms with Crippen molar-refractivity contribution in [3.05, 3.63) is 41.7 Å². The SMILES string of the molecule is CC[C@H]1OC(=O)[C@H](C)[C@@H](O[C@H]2C[C@@](C)(OC)[C@@H](O)[C@H](C)O2)[C@H](C)[C@@H](O[C@@H]2O[C@H](C)C[C@H](N(C)CCc3cn(CCc4ccc(S(N)(=O)=O)cc4)nn3)[C@H]2O)[C@](C)(O)C[C@@H](C)CN(C)[C@H](C)[C@@H](O)[C@]1(C)O. The highest BCUT2D eigenvalue weighted by atomic mass is 32.2. The number of likely N-dealkylation sites (N-methyl/N-ethyl adjacent to an activating group) is 2. The van der Waals surface area contributed by atoms with E-state index in [1.807, 2.05) is 43.9 Å². The van der Waals surface area contributed by atoms with Crippen molar-refractivity contribution in [2.45, 2.75) is 210 Å². The van der Waals surface area contributed by atoms with Crippen LogP contribution in [0.25, 0.3) is 0 Å². The molecule has 5 rings (SSSR count). The molecule has 3 aliphatic rings. The molecular formula is C49H84N6O14S. The van der Waals surface area contributed by atoms with Gasteiger partial charge in [-0.15, -0.1) is 5.10 Å². The van der Waals surface area contributed by atoms with E-state index in [4.69, 9.17) is 33.6 Å². The number of aryl methyl sites for hydroxylation is 2. The van der Waals surface area contributed by atoms with Crippen LogP contribution in [0.2, 0.25) is 0 Å². The summed E-state index contributed by atoms with van der Waals surface area (Å²) in [5.74, 6) is -2.83. The number of aliphatic hydroxyl groups is 5. The second kappa shape index (κ2) is 23.6. The third-order valence-electron chi connectivity index (χ3n) is 15.3. The third-order valence-corrected chi connectivity index (χ3v) is 16.2.